The van der Waals surface area contributed by atoms with Gasteiger partial charge in [-0.15, -0.1) is 0 Å². The molecule has 0 fully saturated rings. The average Bonchev–Trinajstić information content (AvgIpc) is 2.88. The summed E-state index contributed by atoms with van der Waals surface area (Å²) < 4.78 is 46.0. The molecule has 0 radical (unpaired) electrons. The van der Waals surface area contributed by atoms with Crippen LogP contribution in [0.25, 0.3) is 22.3 Å². The Morgan fingerprint density at radius 3 is 2.59 bits per heavy atom. The van der Waals surface area contributed by atoms with Gasteiger partial charge in [0.2, 0.25) is 5.75 Å². The molecular formula is C25H16ClF3N4O6. The molecule has 200 valence electrons. The van der Waals surface area contributed by atoms with Crippen LogP contribution in [0.4, 0.5) is 18.9 Å². The Kier molecular flexibility index (Phi) is 7.36. The molecule has 1 N–H and O–H groups in total. The van der Waals surface area contributed by atoms with Crippen LogP contribution in [0.2, 0.25) is 5.02 Å². The molecule has 0 saturated heterocycles. The summed E-state index contributed by atoms with van der Waals surface area (Å²) in [6, 6.07) is 12.5. The molecule has 39 heavy (non-hydrogen) atoms. The Labute approximate surface area is 221 Å². The third kappa shape index (κ3) is 5.72. The third-order valence-corrected chi connectivity index (χ3v) is 5.69. The first kappa shape index (κ1) is 27.3. The molecule has 0 saturated carbocycles. The van der Waals surface area contributed by atoms with Crippen LogP contribution in [0.3, 0.4) is 0 Å². The van der Waals surface area contributed by atoms with Gasteiger partial charge >= 0.3 is 17.8 Å². The van der Waals surface area contributed by atoms with Gasteiger partial charge in [0, 0.05) is 17.2 Å². The molecule has 1 atom stereocenters. The predicted molar refractivity (Wildman–Crippen MR) is 135 cm³/mol. The lowest BCUT2D eigenvalue weighted by Crippen LogP contribution is -2.23. The summed E-state index contributed by atoms with van der Waals surface area (Å²) in [4.78, 5) is 39.5. The highest BCUT2D eigenvalue weighted by Gasteiger charge is 2.31. The maximum Gasteiger partial charge on any atom is 0.416 e. The summed E-state index contributed by atoms with van der Waals surface area (Å²) in [6.07, 6.45) is -5.07. The zero-order chi connectivity index (χ0) is 28.5. The lowest BCUT2D eigenvalue weighted by molar-refractivity contribution is -0.386. The number of aromatic nitrogens is 2. The lowest BCUT2D eigenvalue weighted by atomic mass is 10.1. The summed E-state index contributed by atoms with van der Waals surface area (Å²) in [7, 11) is 0. The number of fused-ring (bicyclic) bond motifs is 1. The second-order valence-corrected chi connectivity index (χ2v) is 8.51. The summed E-state index contributed by atoms with van der Waals surface area (Å²) >= 11 is 6.13. The highest BCUT2D eigenvalue weighted by molar-refractivity contribution is 6.32. The van der Waals surface area contributed by atoms with E-state index < -0.39 is 45.7 Å². The number of alkyl halides is 3. The van der Waals surface area contributed by atoms with Gasteiger partial charge in [0.15, 0.2) is 11.9 Å². The molecule has 0 spiro atoms. The van der Waals surface area contributed by atoms with Gasteiger partial charge in [-0.25, -0.2) is 9.78 Å². The quantitative estimate of drug-likeness (QED) is 0.182. The fraction of sp³-hybridized carbons (Fsp3) is 0.120. The van der Waals surface area contributed by atoms with Crippen LogP contribution in [-0.4, -0.2) is 38.0 Å². The van der Waals surface area contributed by atoms with Crippen molar-refractivity contribution < 1.29 is 32.7 Å². The highest BCUT2D eigenvalue weighted by atomic mass is 35.5. The van der Waals surface area contributed by atoms with Crippen LogP contribution in [0.1, 0.15) is 18.1 Å². The second-order valence-electron chi connectivity index (χ2n) is 8.10. The SMILES string of the molecule is C[C@H](Oc1c(Cl)cc(C=Nn2c(-c3cccc(C(F)(F)F)c3)nc3ccccc3c2=O)cc1[N+](=O)[O-])C(=O)O. The normalized spacial score (nSPS) is 12.5. The number of aliphatic carboxylic acids is 1. The molecule has 0 aliphatic heterocycles. The predicted octanol–water partition coefficient (Wildman–Crippen LogP) is 5.38. The molecule has 4 rings (SSSR count). The number of carboxylic acid groups (broad SMARTS) is 1. The monoisotopic (exact) mass is 560 g/mol. The maximum atomic E-state index is 13.4. The summed E-state index contributed by atoms with van der Waals surface area (Å²) in [5, 5.41) is 24.6. The molecule has 14 heteroatoms. The number of rotatable bonds is 7. The van der Waals surface area contributed by atoms with Crippen molar-refractivity contribution in [1.82, 2.24) is 9.66 Å². The number of hydrogen-bond donors (Lipinski definition) is 1. The highest BCUT2D eigenvalue weighted by Crippen LogP contribution is 2.37. The Bertz CT molecular complexity index is 1700. The van der Waals surface area contributed by atoms with Crippen molar-refractivity contribution >= 4 is 40.4 Å². The Morgan fingerprint density at radius 2 is 1.92 bits per heavy atom. The smallest absolute Gasteiger partial charge is 0.416 e. The largest absolute Gasteiger partial charge is 0.479 e. The van der Waals surface area contributed by atoms with Crippen molar-refractivity contribution in [2.24, 2.45) is 5.10 Å². The molecule has 1 heterocycles. The van der Waals surface area contributed by atoms with Crippen LogP contribution >= 0.6 is 11.6 Å². The van der Waals surface area contributed by atoms with E-state index in [0.717, 1.165) is 42.1 Å². The standard InChI is InChI=1S/C25H16ClF3N4O6/c1-13(24(35)36)39-21-18(26)9-14(10-20(21)33(37)38)12-30-32-22(15-5-4-6-16(11-15)25(27,28)29)31-19-8-3-2-7-17(19)23(32)34/h2-13H,1H3,(H,35,36)/t13-/m0/s1. The fourth-order valence-corrected chi connectivity index (χ4v) is 3.80. The van der Waals surface area contributed by atoms with E-state index in [2.05, 4.69) is 10.1 Å². The van der Waals surface area contributed by atoms with Gasteiger partial charge in [-0.05, 0) is 37.3 Å². The van der Waals surface area contributed by atoms with E-state index in [4.69, 9.17) is 21.4 Å². The van der Waals surface area contributed by atoms with Crippen LogP contribution in [0, 0.1) is 10.1 Å². The van der Waals surface area contributed by atoms with Gasteiger partial charge in [-0.2, -0.15) is 22.9 Å². The minimum atomic E-state index is -4.65. The number of carbonyl (C=O) groups is 1. The van der Waals surface area contributed by atoms with Crippen LogP contribution in [0.15, 0.2) is 70.6 Å². The fourth-order valence-electron chi connectivity index (χ4n) is 3.53. The van der Waals surface area contributed by atoms with Gasteiger partial charge in [0.1, 0.15) is 0 Å². The number of ether oxygens (including phenoxy) is 1. The van der Waals surface area contributed by atoms with E-state index in [9.17, 15) is 32.9 Å². The number of nitro groups is 1. The topological polar surface area (TPSA) is 137 Å². The Hall–Kier alpha value is -4.78. The molecule has 0 aliphatic carbocycles. The molecule has 4 aromatic rings. The van der Waals surface area contributed by atoms with Gasteiger partial charge in [0.05, 0.1) is 32.6 Å². The zero-order valence-electron chi connectivity index (χ0n) is 19.7. The van der Waals surface area contributed by atoms with Gasteiger partial charge in [-0.1, -0.05) is 35.9 Å². The Balaban J connectivity index is 1.88. The van der Waals surface area contributed by atoms with Crippen molar-refractivity contribution in [3.63, 3.8) is 0 Å². The van der Waals surface area contributed by atoms with Crippen molar-refractivity contribution in [3.05, 3.63) is 97.3 Å². The van der Waals surface area contributed by atoms with Gasteiger partial charge in [-0.3, -0.25) is 14.9 Å². The van der Waals surface area contributed by atoms with Crippen molar-refractivity contribution in [3.8, 4) is 17.1 Å². The molecule has 3 aromatic carbocycles. The van der Waals surface area contributed by atoms with Crippen LogP contribution < -0.4 is 10.3 Å². The number of carboxylic acids is 1. The number of halogens is 4. The van der Waals surface area contributed by atoms with E-state index in [1.807, 2.05) is 0 Å². The average molecular weight is 561 g/mol. The first-order valence-corrected chi connectivity index (χ1v) is 11.4. The minimum absolute atomic E-state index is 0.0112. The van der Waals surface area contributed by atoms with Crippen LogP contribution in [0.5, 0.6) is 5.75 Å². The van der Waals surface area contributed by atoms with Gasteiger partial charge in [0.25, 0.3) is 5.56 Å². The number of hydrogen-bond acceptors (Lipinski definition) is 7. The number of para-hydroxylation sites is 1. The van der Waals surface area contributed by atoms with Crippen molar-refractivity contribution in [2.45, 2.75) is 19.2 Å². The number of nitro benzene ring substituents is 1. The van der Waals surface area contributed by atoms with Crippen molar-refractivity contribution in [1.29, 1.82) is 0 Å². The molecule has 1 aromatic heterocycles. The van der Waals surface area contributed by atoms with E-state index in [1.165, 1.54) is 24.3 Å². The van der Waals surface area contributed by atoms with Gasteiger partial charge < -0.3 is 9.84 Å². The number of benzene rings is 3. The maximum absolute atomic E-state index is 13.4. The van der Waals surface area contributed by atoms with Crippen LogP contribution in [-0.2, 0) is 11.0 Å². The number of nitrogens with zero attached hydrogens (tertiary/aromatic N) is 4. The van der Waals surface area contributed by atoms with E-state index in [1.54, 1.807) is 12.1 Å². The van der Waals surface area contributed by atoms with E-state index in [0.29, 0.717) is 0 Å². The molecule has 0 bridgehead atoms. The molecule has 0 amide bonds. The summed E-state index contributed by atoms with van der Waals surface area (Å²) in [5.41, 5.74) is -2.17. The van der Waals surface area contributed by atoms with E-state index in [-0.39, 0.29) is 32.9 Å². The second kappa shape index (κ2) is 10.5. The summed E-state index contributed by atoms with van der Waals surface area (Å²) in [6.45, 7) is 1.16. The molecule has 0 unspecified atom stereocenters. The summed E-state index contributed by atoms with van der Waals surface area (Å²) in [5.74, 6) is -2.07. The minimum Gasteiger partial charge on any atom is -0.479 e. The zero-order valence-corrected chi connectivity index (χ0v) is 20.5. The molecule has 10 nitrogen and oxygen atoms in total. The Morgan fingerprint density at radius 1 is 1.21 bits per heavy atom. The third-order valence-electron chi connectivity index (χ3n) is 5.41. The molecular weight excluding hydrogens is 545 g/mol. The first-order valence-electron chi connectivity index (χ1n) is 11.0. The lowest BCUT2D eigenvalue weighted by Gasteiger charge is -2.13. The van der Waals surface area contributed by atoms with Crippen molar-refractivity contribution in [2.75, 3.05) is 0 Å². The van der Waals surface area contributed by atoms with E-state index >= 15 is 0 Å². The molecule has 0 aliphatic rings. The first-order chi connectivity index (χ1) is 18.4.